The van der Waals surface area contributed by atoms with Crippen LogP contribution in [0.5, 0.6) is 5.88 Å². The molecule has 0 bridgehead atoms. The van der Waals surface area contributed by atoms with E-state index in [0.717, 1.165) is 36.0 Å². The number of carbonyl (C=O) groups excluding carboxylic acids is 1. The number of benzene rings is 1. The van der Waals surface area contributed by atoms with Crippen molar-refractivity contribution in [1.29, 1.82) is 0 Å². The van der Waals surface area contributed by atoms with E-state index in [-0.39, 0.29) is 65.9 Å². The molecule has 10 nitrogen and oxygen atoms in total. The molecule has 3 aromatic heterocycles. The third-order valence-corrected chi connectivity index (χ3v) is 6.74. The number of fused-ring (bicyclic) bond motifs is 1. The largest absolute Gasteiger partial charge is 0.434 e. The number of imidazole rings is 1. The van der Waals surface area contributed by atoms with E-state index in [0.29, 0.717) is 11.3 Å². The van der Waals surface area contributed by atoms with Crippen molar-refractivity contribution in [2.45, 2.75) is 51.1 Å². The highest BCUT2D eigenvalue weighted by molar-refractivity contribution is 5.93. The summed E-state index contributed by atoms with van der Waals surface area (Å²) in [6, 6.07) is 3.86. The van der Waals surface area contributed by atoms with Crippen molar-refractivity contribution in [2.24, 2.45) is 7.05 Å². The van der Waals surface area contributed by atoms with Crippen LogP contribution in [0.25, 0.3) is 22.8 Å². The quantitative estimate of drug-likeness (QED) is 0.293. The minimum Gasteiger partial charge on any atom is -0.416 e. The average molecular weight is 578 g/mol. The summed E-state index contributed by atoms with van der Waals surface area (Å²) >= 11 is 0. The minimum atomic E-state index is -4.69. The topological polar surface area (TPSA) is 104 Å². The Kier molecular flexibility index (Phi) is 6.42. The number of anilines is 1. The van der Waals surface area contributed by atoms with Gasteiger partial charge in [-0.2, -0.15) is 26.9 Å². The molecular formula is C25H20F6N8O2. The van der Waals surface area contributed by atoms with Gasteiger partial charge in [-0.1, -0.05) is 6.07 Å². The number of aromatic nitrogens is 7. The normalized spacial score (nSPS) is 15.5. The van der Waals surface area contributed by atoms with Crippen molar-refractivity contribution in [2.75, 3.05) is 4.90 Å². The van der Waals surface area contributed by atoms with Crippen LogP contribution < -0.4 is 9.64 Å². The van der Waals surface area contributed by atoms with Gasteiger partial charge in [-0.25, -0.2) is 24.0 Å². The lowest BCUT2D eigenvalue weighted by atomic mass is 10.1. The van der Waals surface area contributed by atoms with E-state index < -0.39 is 24.3 Å². The molecule has 1 aromatic carbocycles. The number of carbonyl (C=O) groups is 1. The van der Waals surface area contributed by atoms with Crippen molar-refractivity contribution in [1.82, 2.24) is 34.3 Å². The molecule has 0 unspecified atom stereocenters. The van der Waals surface area contributed by atoms with E-state index in [1.54, 1.807) is 0 Å². The van der Waals surface area contributed by atoms with E-state index in [4.69, 9.17) is 0 Å². The Morgan fingerprint density at radius 2 is 1.93 bits per heavy atom. The average Bonchev–Trinajstić information content (AvgIpc) is 3.54. The highest BCUT2D eigenvalue weighted by atomic mass is 19.4. The molecular weight excluding hydrogens is 558 g/mol. The highest BCUT2D eigenvalue weighted by Gasteiger charge is 2.36. The molecule has 1 amide bonds. The van der Waals surface area contributed by atoms with Crippen LogP contribution in [0.4, 0.5) is 32.3 Å². The Hall–Kier alpha value is -4.50. The molecule has 1 aliphatic heterocycles. The van der Waals surface area contributed by atoms with Crippen LogP contribution in [-0.2, 0) is 31.1 Å². The third kappa shape index (κ3) is 5.09. The van der Waals surface area contributed by atoms with Gasteiger partial charge in [0.2, 0.25) is 17.7 Å². The monoisotopic (exact) mass is 578 g/mol. The van der Waals surface area contributed by atoms with E-state index in [1.165, 1.54) is 28.8 Å². The van der Waals surface area contributed by atoms with Crippen molar-refractivity contribution in [3.63, 3.8) is 0 Å². The molecule has 41 heavy (non-hydrogen) atoms. The maximum atomic E-state index is 15.1. The zero-order chi connectivity index (χ0) is 29.1. The van der Waals surface area contributed by atoms with Crippen molar-refractivity contribution in [3.8, 4) is 28.7 Å². The number of nitrogens with zero attached hydrogens (tertiary/aromatic N) is 8. The summed E-state index contributed by atoms with van der Waals surface area (Å²) in [5, 5.41) is 4.42. The van der Waals surface area contributed by atoms with Gasteiger partial charge in [-0.05, 0) is 30.5 Å². The molecule has 2 aliphatic rings. The first-order valence-corrected chi connectivity index (χ1v) is 12.4. The Morgan fingerprint density at radius 3 is 2.59 bits per heavy atom. The molecule has 1 saturated carbocycles. The smallest absolute Gasteiger partial charge is 0.416 e. The van der Waals surface area contributed by atoms with Gasteiger partial charge in [0, 0.05) is 25.6 Å². The summed E-state index contributed by atoms with van der Waals surface area (Å²) in [7, 11) is 1.33. The van der Waals surface area contributed by atoms with Crippen LogP contribution in [0.15, 0.2) is 30.7 Å². The van der Waals surface area contributed by atoms with Crippen LogP contribution >= 0.6 is 0 Å². The number of alkyl halides is 5. The van der Waals surface area contributed by atoms with E-state index in [9.17, 15) is 26.7 Å². The molecule has 4 heterocycles. The van der Waals surface area contributed by atoms with Crippen LogP contribution in [0, 0.1) is 5.82 Å². The molecule has 16 heteroatoms. The van der Waals surface area contributed by atoms with Gasteiger partial charge in [-0.3, -0.25) is 9.69 Å². The van der Waals surface area contributed by atoms with Crippen LogP contribution in [-0.4, -0.2) is 46.8 Å². The third-order valence-electron chi connectivity index (χ3n) is 6.74. The van der Waals surface area contributed by atoms with Gasteiger partial charge in [0.25, 0.3) is 0 Å². The first-order chi connectivity index (χ1) is 19.5. The van der Waals surface area contributed by atoms with E-state index in [2.05, 4.69) is 29.8 Å². The van der Waals surface area contributed by atoms with Gasteiger partial charge in [0.1, 0.15) is 23.5 Å². The predicted molar refractivity (Wildman–Crippen MR) is 129 cm³/mol. The summed E-state index contributed by atoms with van der Waals surface area (Å²) < 4.78 is 87.7. The molecule has 1 aliphatic carbocycles. The second-order valence-electron chi connectivity index (χ2n) is 9.65. The molecule has 214 valence electrons. The number of amides is 1. The van der Waals surface area contributed by atoms with Crippen LogP contribution in [0.2, 0.25) is 0 Å². The van der Waals surface area contributed by atoms with Gasteiger partial charge in [0.15, 0.2) is 11.5 Å². The maximum Gasteiger partial charge on any atom is 0.434 e. The maximum absolute atomic E-state index is 15.1. The fourth-order valence-corrected chi connectivity index (χ4v) is 4.70. The Bertz CT molecular complexity index is 1650. The Labute approximate surface area is 227 Å². The molecule has 0 saturated heterocycles. The fraction of sp³-hybridized carbons (Fsp3) is 0.360. The number of hydrogen-bond acceptors (Lipinski definition) is 7. The lowest BCUT2D eigenvalue weighted by Gasteiger charge is -2.26. The zero-order valence-corrected chi connectivity index (χ0v) is 21.2. The first-order valence-electron chi connectivity index (χ1n) is 12.4. The predicted octanol–water partition coefficient (Wildman–Crippen LogP) is 4.71. The van der Waals surface area contributed by atoms with Crippen molar-refractivity contribution >= 4 is 11.9 Å². The zero-order valence-electron chi connectivity index (χ0n) is 21.2. The Balaban J connectivity index is 1.32. The SMILES string of the molecule is Cn1cc(C(F)(F)F)nc1-c1ccc(CN2C(=O)CCn3nc(-c4c(OC(F)F)ncnc4C4CC4)nc32)cc1F. The molecule has 0 spiro atoms. The second-order valence-corrected chi connectivity index (χ2v) is 9.65. The molecule has 0 N–H and O–H groups in total. The molecule has 0 atom stereocenters. The van der Waals surface area contributed by atoms with E-state index >= 15 is 4.39 Å². The van der Waals surface area contributed by atoms with Gasteiger partial charge >= 0.3 is 12.8 Å². The lowest BCUT2D eigenvalue weighted by Crippen LogP contribution is -2.37. The first kappa shape index (κ1) is 26.7. The summed E-state index contributed by atoms with van der Waals surface area (Å²) in [5.74, 6) is -1.63. The number of ether oxygens (including phenoxy) is 1. The molecule has 6 rings (SSSR count). The molecule has 0 radical (unpaired) electrons. The number of hydrogen-bond donors (Lipinski definition) is 0. The summed E-state index contributed by atoms with van der Waals surface area (Å²) in [5.41, 5.74) is -0.384. The summed E-state index contributed by atoms with van der Waals surface area (Å²) in [6.07, 6.45) is -1.14. The molecule has 4 aromatic rings. The fourth-order valence-electron chi connectivity index (χ4n) is 4.70. The van der Waals surface area contributed by atoms with Gasteiger partial charge < -0.3 is 9.30 Å². The summed E-state index contributed by atoms with van der Waals surface area (Å²) in [4.78, 5) is 30.2. The van der Waals surface area contributed by atoms with Crippen molar-refractivity contribution < 1.29 is 35.9 Å². The highest BCUT2D eigenvalue weighted by Crippen LogP contribution is 2.45. The number of rotatable bonds is 7. The Morgan fingerprint density at radius 1 is 1.15 bits per heavy atom. The van der Waals surface area contributed by atoms with Crippen molar-refractivity contribution in [3.05, 3.63) is 53.5 Å². The number of halogens is 6. The number of aryl methyl sites for hydroxylation is 2. The van der Waals surface area contributed by atoms with Gasteiger partial charge in [0.05, 0.1) is 24.3 Å². The lowest BCUT2D eigenvalue weighted by molar-refractivity contribution is -0.140. The standard InChI is InChI=1S/C25H20F6N8O2/c1-37-10-16(25(29,30)31)34-21(37)14-5-2-12(8-15(14)26)9-38-17(40)6-7-39-24(38)35-20(36-39)18-19(13-3-4-13)32-11-33-22(18)41-23(27)28/h2,5,8,10-11,13,23H,3-4,6-7,9H2,1H3. The van der Waals surface area contributed by atoms with E-state index in [1.807, 2.05) is 0 Å². The van der Waals surface area contributed by atoms with Crippen LogP contribution in [0.1, 0.15) is 42.1 Å². The second kappa shape index (κ2) is 9.85. The van der Waals surface area contributed by atoms with Gasteiger partial charge in [-0.15, -0.1) is 5.10 Å². The molecule has 1 fully saturated rings. The minimum absolute atomic E-state index is 0.00892. The van der Waals surface area contributed by atoms with Crippen LogP contribution in [0.3, 0.4) is 0 Å². The summed E-state index contributed by atoms with van der Waals surface area (Å²) in [6.45, 7) is -3.11.